The van der Waals surface area contributed by atoms with Gasteiger partial charge in [0.05, 0.1) is 23.2 Å². The highest BCUT2D eigenvalue weighted by atomic mass is 35.5. The lowest BCUT2D eigenvalue weighted by Gasteiger charge is -2.50. The second-order valence-corrected chi connectivity index (χ2v) is 14.1. The Balaban J connectivity index is 1.39. The third kappa shape index (κ3) is 4.22. The Morgan fingerprint density at radius 1 is 0.851 bits per heavy atom. The number of carbonyl (C=O) groups excluding carboxylic acids is 5. The van der Waals surface area contributed by atoms with Crippen molar-refractivity contribution in [1.29, 1.82) is 0 Å². The molecule has 240 valence electrons. The van der Waals surface area contributed by atoms with Crippen LogP contribution in [0.4, 0.5) is 15.8 Å². The van der Waals surface area contributed by atoms with Crippen molar-refractivity contribution < 1.29 is 33.5 Å². The number of aryl methyl sites for hydroxylation is 2. The third-order valence-corrected chi connectivity index (χ3v) is 11.7. The number of imide groups is 2. The van der Waals surface area contributed by atoms with E-state index in [1.54, 1.807) is 50.2 Å². The average Bonchev–Trinajstić information content (AvgIpc) is 3.37. The van der Waals surface area contributed by atoms with Crippen LogP contribution in [0.2, 0.25) is 0 Å². The number of ketones is 1. The highest BCUT2D eigenvalue weighted by molar-refractivity contribution is 6.58. The van der Waals surface area contributed by atoms with Crippen LogP contribution in [-0.4, -0.2) is 44.3 Å². The van der Waals surface area contributed by atoms with Gasteiger partial charge in [0.1, 0.15) is 11.6 Å². The maximum absolute atomic E-state index is 14.5. The monoisotopic (exact) mass is 674 g/mol. The second-order valence-electron chi connectivity index (χ2n) is 12.9. The van der Waals surface area contributed by atoms with Gasteiger partial charge in [-0.05, 0) is 105 Å². The molecule has 2 aliphatic heterocycles. The standard InChI is InChI=1S/C36H29Cl2FN2O6/c1-17-14-21(15-18(2)30(17)43)29-25-12-13-26-28(32(45)40(31(26)44)23-8-4-20(5-9-23)19(3)42)27(25)16-35(37)33(46)41(34(47)36(29,35)38)24-10-6-22(39)7-11-24/h4-12,14-15,26-29,43H,13,16H2,1-3H3/t26-,27+,28-,29-,35+,36-/m0/s1. The largest absolute Gasteiger partial charge is 0.507 e. The fourth-order valence-corrected chi connectivity index (χ4v) is 8.96. The van der Waals surface area contributed by atoms with Crippen molar-refractivity contribution in [2.75, 3.05) is 9.80 Å². The van der Waals surface area contributed by atoms with E-state index in [0.29, 0.717) is 33.5 Å². The van der Waals surface area contributed by atoms with Crippen molar-refractivity contribution >= 4 is 64.0 Å². The number of anilines is 2. The molecule has 2 aliphatic carbocycles. The molecule has 47 heavy (non-hydrogen) atoms. The maximum atomic E-state index is 14.5. The molecule has 1 N–H and O–H groups in total. The lowest BCUT2D eigenvalue weighted by Crippen LogP contribution is -2.60. The summed E-state index contributed by atoms with van der Waals surface area (Å²) in [4.78, 5) is 66.6. The summed E-state index contributed by atoms with van der Waals surface area (Å²) < 4.78 is 13.9. The zero-order valence-corrected chi connectivity index (χ0v) is 27.1. The van der Waals surface area contributed by atoms with Crippen LogP contribution in [0.15, 0.2) is 72.3 Å². The van der Waals surface area contributed by atoms with E-state index in [2.05, 4.69) is 0 Å². The number of halogens is 3. The molecule has 0 radical (unpaired) electrons. The smallest absolute Gasteiger partial charge is 0.258 e. The minimum atomic E-state index is -2.07. The van der Waals surface area contributed by atoms with E-state index in [-0.39, 0.29) is 30.1 Å². The van der Waals surface area contributed by atoms with Gasteiger partial charge in [-0.25, -0.2) is 9.29 Å². The van der Waals surface area contributed by atoms with Crippen molar-refractivity contribution in [1.82, 2.24) is 0 Å². The van der Waals surface area contributed by atoms with E-state index < -0.39 is 62.9 Å². The predicted octanol–water partition coefficient (Wildman–Crippen LogP) is 6.12. The van der Waals surface area contributed by atoms with Crippen molar-refractivity contribution in [3.8, 4) is 5.75 Å². The number of amides is 4. The molecule has 4 amide bonds. The maximum Gasteiger partial charge on any atom is 0.258 e. The molecule has 3 aromatic rings. The Morgan fingerprint density at radius 2 is 1.43 bits per heavy atom. The van der Waals surface area contributed by atoms with Gasteiger partial charge in [-0.15, -0.1) is 23.2 Å². The molecule has 2 heterocycles. The van der Waals surface area contributed by atoms with Gasteiger partial charge in [-0.1, -0.05) is 23.8 Å². The minimum absolute atomic E-state index is 0.0596. The highest BCUT2D eigenvalue weighted by Crippen LogP contribution is 2.66. The van der Waals surface area contributed by atoms with Crippen LogP contribution in [0.1, 0.15) is 52.7 Å². The third-order valence-electron chi connectivity index (χ3n) is 10.3. The number of aromatic hydroxyl groups is 1. The number of Topliss-reactive ketones (excluding diaryl/α,β-unsaturated/α-hetero) is 1. The Labute approximate surface area is 279 Å². The van der Waals surface area contributed by atoms with Gasteiger partial charge in [0, 0.05) is 11.5 Å². The summed E-state index contributed by atoms with van der Waals surface area (Å²) >= 11 is 14.8. The number of nitrogens with zero attached hydrogens (tertiary/aromatic N) is 2. The molecular formula is C36H29Cl2FN2O6. The molecular weight excluding hydrogens is 646 g/mol. The summed E-state index contributed by atoms with van der Waals surface area (Å²) in [5.74, 6) is -6.58. The van der Waals surface area contributed by atoms with E-state index in [0.717, 1.165) is 21.9 Å². The van der Waals surface area contributed by atoms with Crippen LogP contribution in [-0.2, 0) is 19.2 Å². The number of benzene rings is 3. The fourth-order valence-electron chi connectivity index (χ4n) is 8.03. The molecule has 2 saturated heterocycles. The number of rotatable bonds is 4. The Kier molecular flexibility index (Phi) is 7.04. The van der Waals surface area contributed by atoms with Gasteiger partial charge in [0.25, 0.3) is 11.8 Å². The molecule has 4 aliphatic rings. The summed E-state index contributed by atoms with van der Waals surface area (Å²) in [5, 5.41) is 10.6. The molecule has 6 atom stereocenters. The van der Waals surface area contributed by atoms with Gasteiger partial charge >= 0.3 is 0 Å². The summed E-state index contributed by atoms with van der Waals surface area (Å²) in [6.07, 6.45) is 1.80. The molecule has 3 fully saturated rings. The summed E-state index contributed by atoms with van der Waals surface area (Å²) in [7, 11) is 0. The number of hydrogen-bond donors (Lipinski definition) is 1. The van der Waals surface area contributed by atoms with Gasteiger partial charge < -0.3 is 5.11 Å². The van der Waals surface area contributed by atoms with Crippen LogP contribution in [0.25, 0.3) is 0 Å². The van der Waals surface area contributed by atoms with Crippen molar-refractivity contribution in [3.05, 3.63) is 100 Å². The number of carbonyl (C=O) groups is 5. The molecule has 3 aromatic carbocycles. The first-order chi connectivity index (χ1) is 22.2. The van der Waals surface area contributed by atoms with E-state index in [9.17, 15) is 33.5 Å². The Bertz CT molecular complexity index is 1940. The molecule has 0 unspecified atom stereocenters. The average molecular weight is 676 g/mol. The summed E-state index contributed by atoms with van der Waals surface area (Å²) in [5.41, 5.74) is 2.99. The zero-order valence-electron chi connectivity index (χ0n) is 25.6. The van der Waals surface area contributed by atoms with Gasteiger partial charge in [-0.2, -0.15) is 0 Å². The molecule has 1 saturated carbocycles. The molecule has 0 bridgehead atoms. The summed E-state index contributed by atoms with van der Waals surface area (Å²) in [6, 6.07) is 14.4. The number of fused-ring (bicyclic) bond motifs is 4. The van der Waals surface area contributed by atoms with Crippen molar-refractivity contribution in [2.24, 2.45) is 17.8 Å². The van der Waals surface area contributed by atoms with E-state index in [1.807, 2.05) is 6.08 Å². The lowest BCUT2D eigenvalue weighted by molar-refractivity contribution is -0.125. The van der Waals surface area contributed by atoms with Crippen molar-refractivity contribution in [3.63, 3.8) is 0 Å². The number of allylic oxidation sites excluding steroid dienone is 2. The molecule has 11 heteroatoms. The van der Waals surface area contributed by atoms with Crippen LogP contribution in [0.5, 0.6) is 5.75 Å². The van der Waals surface area contributed by atoms with Crippen LogP contribution >= 0.6 is 23.2 Å². The van der Waals surface area contributed by atoms with Crippen LogP contribution in [0.3, 0.4) is 0 Å². The zero-order chi connectivity index (χ0) is 33.7. The number of hydrogen-bond acceptors (Lipinski definition) is 6. The SMILES string of the molecule is CC(=O)c1ccc(N2C(=O)[C@H]3[C@H](CC=C4[C@H]3C[C@@]3(Cl)C(=O)N(c5ccc(F)cc5)C(=O)[C@@]3(Cl)[C@H]4c3cc(C)c(O)c(C)c3)C2=O)cc1. The first-order valence-corrected chi connectivity index (χ1v) is 16.0. The van der Waals surface area contributed by atoms with E-state index >= 15 is 0 Å². The topological polar surface area (TPSA) is 112 Å². The molecule has 0 spiro atoms. The van der Waals surface area contributed by atoms with Gasteiger partial charge in [-0.3, -0.25) is 28.9 Å². The van der Waals surface area contributed by atoms with E-state index in [1.165, 1.54) is 19.1 Å². The van der Waals surface area contributed by atoms with Crippen molar-refractivity contribution in [2.45, 2.75) is 49.3 Å². The predicted molar refractivity (Wildman–Crippen MR) is 173 cm³/mol. The number of phenolic OH excluding ortho intramolecular Hbond substituents is 1. The summed E-state index contributed by atoms with van der Waals surface area (Å²) in [6.45, 7) is 4.82. The Hall–Kier alpha value is -4.34. The van der Waals surface area contributed by atoms with E-state index in [4.69, 9.17) is 23.2 Å². The highest BCUT2D eigenvalue weighted by Gasteiger charge is 2.76. The minimum Gasteiger partial charge on any atom is -0.507 e. The number of phenols is 1. The van der Waals surface area contributed by atoms with Crippen LogP contribution < -0.4 is 9.80 Å². The second kappa shape index (κ2) is 10.6. The van der Waals surface area contributed by atoms with Gasteiger partial charge in [0.2, 0.25) is 11.8 Å². The quantitative estimate of drug-likeness (QED) is 0.155. The molecule has 7 rings (SSSR count). The molecule has 0 aromatic heterocycles. The van der Waals surface area contributed by atoms with Crippen LogP contribution in [0, 0.1) is 37.4 Å². The van der Waals surface area contributed by atoms with Gasteiger partial charge in [0.15, 0.2) is 15.5 Å². The molecule has 8 nitrogen and oxygen atoms in total. The first kappa shape index (κ1) is 31.3. The first-order valence-electron chi connectivity index (χ1n) is 15.2. The fraction of sp³-hybridized carbons (Fsp3) is 0.306. The Morgan fingerprint density at radius 3 is 2.02 bits per heavy atom. The normalized spacial score (nSPS) is 29.9. The lowest BCUT2D eigenvalue weighted by atomic mass is 9.56. The number of alkyl halides is 2.